The van der Waals surface area contributed by atoms with Crippen LogP contribution in [0.15, 0.2) is 66.7 Å². The van der Waals surface area contributed by atoms with Gasteiger partial charge in [-0.1, -0.05) is 12.1 Å². The molecule has 1 aliphatic rings. The van der Waals surface area contributed by atoms with Gasteiger partial charge >= 0.3 is 0 Å². The topological polar surface area (TPSA) is 62.1 Å². The smallest absolute Gasteiger partial charge is 0.231 e. The Hall–Kier alpha value is -4.00. The second kappa shape index (κ2) is 6.00. The van der Waals surface area contributed by atoms with Crippen LogP contribution in [0, 0.1) is 5.82 Å². The number of rotatable bonds is 2. The highest BCUT2D eigenvalue weighted by Gasteiger charge is 2.20. The van der Waals surface area contributed by atoms with E-state index in [0.717, 1.165) is 22.3 Å². The van der Waals surface area contributed by atoms with Crippen LogP contribution in [0.1, 0.15) is 0 Å². The van der Waals surface area contributed by atoms with Crippen molar-refractivity contribution >= 4 is 22.3 Å². The maximum atomic E-state index is 13.5. The number of para-hydroxylation sites is 2. The van der Waals surface area contributed by atoms with Crippen molar-refractivity contribution in [2.24, 2.45) is 0 Å². The van der Waals surface area contributed by atoms with E-state index in [9.17, 15) is 4.39 Å². The fraction of sp³-hybridized carbons (Fsp3) is 0.0455. The fourth-order valence-corrected chi connectivity index (χ4v) is 3.52. The van der Waals surface area contributed by atoms with Crippen LogP contribution in [0.5, 0.6) is 11.5 Å². The molecule has 0 saturated carbocycles. The summed E-state index contributed by atoms with van der Waals surface area (Å²) in [7, 11) is 0. The number of fused-ring (bicyclic) bond motifs is 3. The van der Waals surface area contributed by atoms with E-state index < -0.39 is 0 Å². The van der Waals surface area contributed by atoms with Gasteiger partial charge < -0.3 is 9.47 Å². The van der Waals surface area contributed by atoms with Gasteiger partial charge in [-0.15, -0.1) is 0 Å². The van der Waals surface area contributed by atoms with Crippen LogP contribution in [-0.4, -0.2) is 26.3 Å². The summed E-state index contributed by atoms with van der Waals surface area (Å²) in [5.74, 6) is 1.66. The summed E-state index contributed by atoms with van der Waals surface area (Å²) in [5.41, 5.74) is 4.23. The van der Waals surface area contributed by atoms with Crippen molar-refractivity contribution in [3.63, 3.8) is 0 Å². The van der Waals surface area contributed by atoms with E-state index in [4.69, 9.17) is 19.4 Å². The molecule has 0 amide bonds. The maximum absolute atomic E-state index is 13.5. The largest absolute Gasteiger partial charge is 0.454 e. The molecule has 140 valence electrons. The SMILES string of the molecule is Fc1ccc(-c2nc3nc4ccccc4nc3n2-c2ccc3c(c2)OCO3)cc1. The van der Waals surface area contributed by atoms with Crippen LogP contribution < -0.4 is 9.47 Å². The number of hydrogen-bond donors (Lipinski definition) is 0. The molecule has 29 heavy (non-hydrogen) atoms. The predicted molar refractivity (Wildman–Crippen MR) is 106 cm³/mol. The van der Waals surface area contributed by atoms with Gasteiger partial charge in [-0.25, -0.2) is 19.3 Å². The van der Waals surface area contributed by atoms with Gasteiger partial charge in [0.15, 0.2) is 22.8 Å². The Bertz CT molecular complexity index is 1400. The zero-order valence-corrected chi connectivity index (χ0v) is 15.0. The summed E-state index contributed by atoms with van der Waals surface area (Å²) in [6, 6.07) is 19.5. The molecule has 7 heteroatoms. The Kier molecular flexibility index (Phi) is 3.31. The lowest BCUT2D eigenvalue weighted by atomic mass is 10.2. The molecule has 6 rings (SSSR count). The molecular formula is C22H13FN4O2. The van der Waals surface area contributed by atoms with Crippen LogP contribution in [0.25, 0.3) is 39.4 Å². The quantitative estimate of drug-likeness (QED) is 0.448. The summed E-state index contributed by atoms with van der Waals surface area (Å²) >= 11 is 0. The summed E-state index contributed by atoms with van der Waals surface area (Å²) < 4.78 is 26.4. The average molecular weight is 384 g/mol. The Balaban J connectivity index is 1.68. The van der Waals surface area contributed by atoms with E-state index in [-0.39, 0.29) is 12.6 Å². The third-order valence-corrected chi connectivity index (χ3v) is 4.89. The van der Waals surface area contributed by atoms with Crippen LogP contribution in [0.4, 0.5) is 4.39 Å². The number of ether oxygens (including phenoxy) is 2. The van der Waals surface area contributed by atoms with Crippen molar-refractivity contribution < 1.29 is 13.9 Å². The number of aromatic nitrogens is 4. The van der Waals surface area contributed by atoms with Crippen molar-refractivity contribution in [2.75, 3.05) is 6.79 Å². The second-order valence-electron chi connectivity index (χ2n) is 6.67. The molecule has 0 N–H and O–H groups in total. The van der Waals surface area contributed by atoms with E-state index in [1.807, 2.05) is 47.0 Å². The minimum absolute atomic E-state index is 0.193. The van der Waals surface area contributed by atoms with Gasteiger partial charge in [0.2, 0.25) is 6.79 Å². The minimum atomic E-state index is -0.304. The van der Waals surface area contributed by atoms with Crippen LogP contribution in [0.3, 0.4) is 0 Å². The molecule has 5 aromatic rings. The molecule has 0 radical (unpaired) electrons. The second-order valence-corrected chi connectivity index (χ2v) is 6.67. The molecule has 0 aliphatic carbocycles. The molecular weight excluding hydrogens is 371 g/mol. The lowest BCUT2D eigenvalue weighted by Gasteiger charge is -2.10. The molecule has 6 nitrogen and oxygen atoms in total. The van der Waals surface area contributed by atoms with E-state index in [1.165, 1.54) is 12.1 Å². The van der Waals surface area contributed by atoms with Gasteiger partial charge in [-0.3, -0.25) is 4.57 Å². The summed E-state index contributed by atoms with van der Waals surface area (Å²) in [4.78, 5) is 14.2. The van der Waals surface area contributed by atoms with Gasteiger partial charge in [-0.05, 0) is 48.5 Å². The number of halogens is 1. The monoisotopic (exact) mass is 384 g/mol. The summed E-state index contributed by atoms with van der Waals surface area (Å²) in [5, 5.41) is 0. The van der Waals surface area contributed by atoms with Crippen molar-refractivity contribution in [3.8, 4) is 28.6 Å². The summed E-state index contributed by atoms with van der Waals surface area (Å²) in [6.45, 7) is 0.193. The fourth-order valence-electron chi connectivity index (χ4n) is 3.52. The van der Waals surface area contributed by atoms with E-state index >= 15 is 0 Å². The first-order chi connectivity index (χ1) is 14.3. The third kappa shape index (κ3) is 2.51. The molecule has 0 spiro atoms. The lowest BCUT2D eigenvalue weighted by Crippen LogP contribution is -1.99. The number of hydrogen-bond acceptors (Lipinski definition) is 5. The molecule has 2 aromatic heterocycles. The zero-order chi connectivity index (χ0) is 19.4. The summed E-state index contributed by atoms with van der Waals surface area (Å²) in [6.07, 6.45) is 0. The van der Waals surface area contributed by atoms with Crippen LogP contribution in [-0.2, 0) is 0 Å². The molecule has 0 atom stereocenters. The Morgan fingerprint density at radius 1 is 0.793 bits per heavy atom. The number of benzene rings is 3. The average Bonchev–Trinajstić information content (AvgIpc) is 3.36. The van der Waals surface area contributed by atoms with Crippen LogP contribution >= 0.6 is 0 Å². The highest BCUT2D eigenvalue weighted by molar-refractivity contribution is 5.86. The molecule has 0 fully saturated rings. The van der Waals surface area contributed by atoms with Crippen molar-refractivity contribution in [3.05, 3.63) is 72.5 Å². The van der Waals surface area contributed by atoms with Gasteiger partial charge in [0.25, 0.3) is 0 Å². The standard InChI is InChI=1S/C22H13FN4O2/c23-14-7-5-13(6-8-14)21-26-20-22(25-17-4-2-1-3-16(17)24-20)27(21)15-9-10-18-19(11-15)29-12-28-18/h1-11H,12H2. The first-order valence-corrected chi connectivity index (χ1v) is 9.07. The zero-order valence-electron chi connectivity index (χ0n) is 15.0. The third-order valence-electron chi connectivity index (χ3n) is 4.89. The van der Waals surface area contributed by atoms with Crippen LogP contribution in [0.2, 0.25) is 0 Å². The Labute approximate surface area is 164 Å². The van der Waals surface area contributed by atoms with E-state index in [2.05, 4.69) is 4.98 Å². The van der Waals surface area contributed by atoms with E-state index in [0.29, 0.717) is 28.6 Å². The maximum Gasteiger partial charge on any atom is 0.231 e. The highest BCUT2D eigenvalue weighted by atomic mass is 19.1. The Morgan fingerprint density at radius 3 is 2.38 bits per heavy atom. The van der Waals surface area contributed by atoms with Gasteiger partial charge in [0.1, 0.15) is 11.6 Å². The van der Waals surface area contributed by atoms with Crippen molar-refractivity contribution in [1.29, 1.82) is 0 Å². The molecule has 0 saturated heterocycles. The molecule has 0 unspecified atom stereocenters. The minimum Gasteiger partial charge on any atom is -0.454 e. The molecule has 3 heterocycles. The van der Waals surface area contributed by atoms with Crippen molar-refractivity contribution in [2.45, 2.75) is 0 Å². The predicted octanol–water partition coefficient (Wildman–Crippen LogP) is 4.50. The molecule has 1 aliphatic heterocycles. The first kappa shape index (κ1) is 16.0. The van der Waals surface area contributed by atoms with Gasteiger partial charge in [-0.2, -0.15) is 0 Å². The molecule has 3 aromatic carbocycles. The molecule has 0 bridgehead atoms. The first-order valence-electron chi connectivity index (χ1n) is 9.07. The Morgan fingerprint density at radius 2 is 1.55 bits per heavy atom. The van der Waals surface area contributed by atoms with Gasteiger partial charge in [0.05, 0.1) is 16.7 Å². The lowest BCUT2D eigenvalue weighted by molar-refractivity contribution is 0.174. The van der Waals surface area contributed by atoms with Gasteiger partial charge in [0, 0.05) is 11.6 Å². The van der Waals surface area contributed by atoms with E-state index in [1.54, 1.807) is 12.1 Å². The highest BCUT2D eigenvalue weighted by Crippen LogP contribution is 2.36. The normalized spacial score (nSPS) is 12.7. The number of nitrogens with zero attached hydrogens (tertiary/aromatic N) is 4. The number of imidazole rings is 1. The van der Waals surface area contributed by atoms with Crippen molar-refractivity contribution in [1.82, 2.24) is 19.5 Å².